The number of carboxylic acids is 2. The molecule has 4 heteroatoms. The molecule has 16 heavy (non-hydrogen) atoms. The molecule has 0 amide bonds. The number of carbonyl (C=O) groups is 2. The summed E-state index contributed by atoms with van der Waals surface area (Å²) in [6, 6.07) is 0. The van der Waals surface area contributed by atoms with Crippen LogP contribution in [-0.4, -0.2) is 22.2 Å². The average Bonchev–Trinajstić information content (AvgIpc) is 2.14. The fourth-order valence-electron chi connectivity index (χ4n) is 7.10. The number of fused-ring (bicyclic) bond motifs is 1. The molecule has 0 unspecified atom stereocenters. The molecule has 0 aromatic carbocycles. The van der Waals surface area contributed by atoms with Gasteiger partial charge in [0.1, 0.15) is 0 Å². The monoisotopic (exact) mass is 220 g/mol. The summed E-state index contributed by atoms with van der Waals surface area (Å²) in [5, 5.41) is 18.9. The van der Waals surface area contributed by atoms with Crippen molar-refractivity contribution in [3.63, 3.8) is 0 Å². The van der Waals surface area contributed by atoms with Gasteiger partial charge in [-0.25, -0.2) is 0 Å². The summed E-state index contributed by atoms with van der Waals surface area (Å²) < 4.78 is 0. The van der Waals surface area contributed by atoms with E-state index < -0.39 is 22.8 Å². The second kappa shape index (κ2) is 1.71. The van der Waals surface area contributed by atoms with Gasteiger partial charge in [0.05, 0.1) is 10.8 Å². The summed E-state index contributed by atoms with van der Waals surface area (Å²) in [5.41, 5.74) is -1.18. The van der Waals surface area contributed by atoms with Gasteiger partial charge in [0.25, 0.3) is 0 Å². The Bertz CT molecular complexity index is 481. The number of aliphatic carboxylic acids is 2. The molecule has 4 nitrogen and oxygen atoms in total. The number of rotatable bonds is 2. The molecule has 0 radical (unpaired) electrons. The first-order chi connectivity index (χ1) is 7.60. The van der Waals surface area contributed by atoms with E-state index in [-0.39, 0.29) is 11.8 Å². The van der Waals surface area contributed by atoms with E-state index in [1.807, 2.05) is 0 Å². The zero-order chi connectivity index (χ0) is 11.0. The van der Waals surface area contributed by atoms with Crippen LogP contribution in [0, 0.1) is 46.3 Å². The van der Waals surface area contributed by atoms with Gasteiger partial charge >= 0.3 is 11.9 Å². The molecule has 2 bridgehead atoms. The summed E-state index contributed by atoms with van der Waals surface area (Å²) in [6.45, 7) is 0. The molecule has 0 saturated heterocycles. The summed E-state index contributed by atoms with van der Waals surface area (Å²) in [6.07, 6.45) is 2.11. The molecule has 8 atom stereocenters. The minimum absolute atomic E-state index is 0.00782. The third kappa shape index (κ3) is 0.356. The van der Waals surface area contributed by atoms with E-state index in [9.17, 15) is 19.8 Å². The molecule has 0 aromatic rings. The first-order valence-corrected chi connectivity index (χ1v) is 6.07. The van der Waals surface area contributed by atoms with Crippen LogP contribution < -0.4 is 0 Å². The molecule has 6 aliphatic carbocycles. The van der Waals surface area contributed by atoms with Gasteiger partial charge in [0, 0.05) is 0 Å². The molecular formula is C12H12O4. The highest BCUT2D eigenvalue weighted by Crippen LogP contribution is 3.01. The van der Waals surface area contributed by atoms with Crippen molar-refractivity contribution < 1.29 is 19.8 Å². The largest absolute Gasteiger partial charge is 0.481 e. The van der Waals surface area contributed by atoms with Crippen molar-refractivity contribution in [1.82, 2.24) is 0 Å². The van der Waals surface area contributed by atoms with Crippen molar-refractivity contribution in [2.24, 2.45) is 46.3 Å². The Balaban J connectivity index is 1.73. The summed E-state index contributed by atoms with van der Waals surface area (Å²) in [5.74, 6) is 0.0975. The van der Waals surface area contributed by atoms with E-state index in [0.29, 0.717) is 23.7 Å². The molecule has 6 fully saturated rings. The Morgan fingerprint density at radius 2 is 1.69 bits per heavy atom. The van der Waals surface area contributed by atoms with Gasteiger partial charge in [-0.3, -0.25) is 9.59 Å². The smallest absolute Gasteiger partial charge is 0.310 e. The van der Waals surface area contributed by atoms with Crippen molar-refractivity contribution in [3.05, 3.63) is 0 Å². The van der Waals surface area contributed by atoms with E-state index in [0.717, 1.165) is 12.8 Å². The lowest BCUT2D eigenvalue weighted by Gasteiger charge is -2.99. The Labute approximate surface area is 91.6 Å². The Morgan fingerprint density at radius 3 is 2.25 bits per heavy atom. The lowest BCUT2D eigenvalue weighted by atomic mass is 9.01. The minimum Gasteiger partial charge on any atom is -0.481 e. The fourth-order valence-corrected chi connectivity index (χ4v) is 7.10. The molecule has 0 spiro atoms. The van der Waals surface area contributed by atoms with Crippen molar-refractivity contribution >= 4 is 11.9 Å². The van der Waals surface area contributed by atoms with Gasteiger partial charge in [0.2, 0.25) is 0 Å². The maximum Gasteiger partial charge on any atom is 0.310 e. The first-order valence-electron chi connectivity index (χ1n) is 6.07. The number of hydrogen-bond donors (Lipinski definition) is 2. The van der Waals surface area contributed by atoms with Crippen LogP contribution in [-0.2, 0) is 9.59 Å². The Hall–Kier alpha value is -1.06. The molecule has 0 aromatic heterocycles. The third-order valence-corrected chi connectivity index (χ3v) is 6.93. The maximum atomic E-state index is 11.5. The van der Waals surface area contributed by atoms with Crippen LogP contribution in [0.15, 0.2) is 0 Å². The highest BCUT2D eigenvalue weighted by molar-refractivity contribution is 5.93. The normalized spacial score (nSPS) is 70.2. The van der Waals surface area contributed by atoms with E-state index in [4.69, 9.17) is 0 Å². The van der Waals surface area contributed by atoms with Crippen molar-refractivity contribution in [2.45, 2.75) is 12.8 Å². The van der Waals surface area contributed by atoms with Crippen molar-refractivity contribution in [1.29, 1.82) is 0 Å². The highest BCUT2D eigenvalue weighted by Gasteiger charge is 3.05. The predicted octanol–water partition coefficient (Wildman–Crippen LogP) is 0.674. The minimum atomic E-state index is -0.711. The van der Waals surface area contributed by atoms with E-state index in [1.165, 1.54) is 0 Å². The lowest BCUT2D eigenvalue weighted by molar-refractivity contribution is -0.532. The fraction of sp³-hybridized carbons (Fsp3) is 0.833. The van der Waals surface area contributed by atoms with Gasteiger partial charge in [-0.2, -0.15) is 0 Å². The highest BCUT2D eigenvalue weighted by atomic mass is 16.4. The standard InChI is InChI=1S/C12H12O4/c13-9(14)11-4-2-1-3-6-5(4)8(11)12(6,7(3)11)10(15)16/h3-8H,1-2H2,(H,13,14)(H,15,16)/t3-,4+,5-,6+,7-,8-,11+,12-/m1/s1. The molecule has 2 N–H and O–H groups in total. The van der Waals surface area contributed by atoms with Crippen LogP contribution in [0.5, 0.6) is 0 Å². The maximum absolute atomic E-state index is 11.5. The zero-order valence-electron chi connectivity index (χ0n) is 8.59. The van der Waals surface area contributed by atoms with E-state index >= 15 is 0 Å². The lowest BCUT2D eigenvalue weighted by Crippen LogP contribution is -3.02. The molecular weight excluding hydrogens is 208 g/mol. The quantitative estimate of drug-likeness (QED) is 0.717. The number of carboxylic acid groups (broad SMARTS) is 2. The summed E-state index contributed by atoms with van der Waals surface area (Å²) in [4.78, 5) is 22.9. The molecule has 0 heterocycles. The second-order valence-corrected chi connectivity index (χ2v) is 6.38. The van der Waals surface area contributed by atoms with Gasteiger partial charge in [-0.1, -0.05) is 0 Å². The predicted molar refractivity (Wildman–Crippen MR) is 50.3 cm³/mol. The van der Waals surface area contributed by atoms with Crippen LogP contribution in [0.2, 0.25) is 0 Å². The molecule has 0 aliphatic heterocycles. The number of hydrogen-bond acceptors (Lipinski definition) is 2. The van der Waals surface area contributed by atoms with Gasteiger partial charge in [0.15, 0.2) is 0 Å². The molecule has 6 rings (SSSR count). The van der Waals surface area contributed by atoms with Crippen molar-refractivity contribution in [3.8, 4) is 0 Å². The van der Waals surface area contributed by atoms with Crippen LogP contribution in [0.4, 0.5) is 0 Å². The van der Waals surface area contributed by atoms with Crippen LogP contribution in [0.1, 0.15) is 12.8 Å². The topological polar surface area (TPSA) is 74.6 Å². The van der Waals surface area contributed by atoms with Crippen LogP contribution in [0.3, 0.4) is 0 Å². The average molecular weight is 220 g/mol. The third-order valence-electron chi connectivity index (χ3n) is 6.93. The van der Waals surface area contributed by atoms with E-state index in [1.54, 1.807) is 0 Å². The molecule has 84 valence electrons. The Morgan fingerprint density at radius 1 is 1.00 bits per heavy atom. The van der Waals surface area contributed by atoms with E-state index in [2.05, 4.69) is 0 Å². The van der Waals surface area contributed by atoms with Crippen molar-refractivity contribution in [2.75, 3.05) is 0 Å². The van der Waals surface area contributed by atoms with Crippen LogP contribution >= 0.6 is 0 Å². The zero-order valence-corrected chi connectivity index (χ0v) is 8.59. The molecule has 6 saturated carbocycles. The SMILES string of the molecule is O=C(O)[C@@]12[C@H]3[C@H]4CC[C@H]5[C@H]3[C@@H]1[C@@]5(C(=O)O)[C@@H]42. The second-order valence-electron chi connectivity index (χ2n) is 6.38. The summed E-state index contributed by atoms with van der Waals surface area (Å²) >= 11 is 0. The molecule has 6 aliphatic rings. The van der Waals surface area contributed by atoms with Gasteiger partial charge < -0.3 is 10.2 Å². The first kappa shape index (κ1) is 8.09. The summed E-state index contributed by atoms with van der Waals surface area (Å²) in [7, 11) is 0. The van der Waals surface area contributed by atoms with Crippen LogP contribution in [0.25, 0.3) is 0 Å². The Kier molecular flexibility index (Phi) is 0.865. The van der Waals surface area contributed by atoms with Gasteiger partial charge in [-0.05, 0) is 48.3 Å². The van der Waals surface area contributed by atoms with Gasteiger partial charge in [-0.15, -0.1) is 0 Å².